The zero-order valence-electron chi connectivity index (χ0n) is 18.3. The molecule has 0 saturated heterocycles. The molecule has 2 aromatic rings. The summed E-state index contributed by atoms with van der Waals surface area (Å²) in [4.78, 5) is 10.6. The second kappa shape index (κ2) is 9.17. The Morgan fingerprint density at radius 3 is 2.52 bits per heavy atom. The fourth-order valence-corrected chi connectivity index (χ4v) is 4.40. The van der Waals surface area contributed by atoms with Gasteiger partial charge >= 0.3 is 5.97 Å². The summed E-state index contributed by atoms with van der Waals surface area (Å²) in [6.07, 6.45) is 5.24. The van der Waals surface area contributed by atoms with Gasteiger partial charge in [0, 0.05) is 13.1 Å². The highest BCUT2D eigenvalue weighted by Gasteiger charge is 2.30. The van der Waals surface area contributed by atoms with E-state index in [0.717, 1.165) is 24.5 Å². The highest BCUT2D eigenvalue weighted by Crippen LogP contribution is 2.39. The standard InChI is InChI=1S/C25H35NO3/c1-17-13-22(29-21-9-7-20(8-10-21)25(2,3)4)15-19-6-5-18(14-23(17)19)16-26-12-11-24(27)28/h5-6,13-15,20-21,26H,7-12,16H2,1-4H3,(H,27,28)/t20-,21-. The van der Waals surface area contributed by atoms with Gasteiger partial charge in [-0.15, -0.1) is 0 Å². The van der Waals surface area contributed by atoms with E-state index in [1.807, 2.05) is 0 Å². The van der Waals surface area contributed by atoms with Crippen molar-refractivity contribution in [1.82, 2.24) is 5.32 Å². The molecule has 0 radical (unpaired) electrons. The van der Waals surface area contributed by atoms with Gasteiger partial charge in [0.25, 0.3) is 0 Å². The average molecular weight is 398 g/mol. The highest BCUT2D eigenvalue weighted by molar-refractivity contribution is 5.87. The van der Waals surface area contributed by atoms with Crippen LogP contribution in [0.15, 0.2) is 30.3 Å². The number of aryl methyl sites for hydroxylation is 1. The van der Waals surface area contributed by atoms with E-state index in [1.165, 1.54) is 34.7 Å². The number of hydrogen-bond acceptors (Lipinski definition) is 3. The first kappa shape index (κ1) is 21.6. The number of aliphatic carboxylic acids is 1. The van der Waals surface area contributed by atoms with Gasteiger partial charge in [-0.3, -0.25) is 4.79 Å². The SMILES string of the molecule is Cc1cc(O[C@H]2CC[C@H](C(C)(C)C)CC2)cc2ccc(CNCCC(=O)O)cc12. The van der Waals surface area contributed by atoms with E-state index in [1.54, 1.807) is 0 Å². The van der Waals surface area contributed by atoms with Gasteiger partial charge in [0.1, 0.15) is 5.75 Å². The van der Waals surface area contributed by atoms with Crippen LogP contribution >= 0.6 is 0 Å². The lowest BCUT2D eigenvalue weighted by molar-refractivity contribution is -0.136. The van der Waals surface area contributed by atoms with Crippen molar-refractivity contribution < 1.29 is 14.6 Å². The fraction of sp³-hybridized carbons (Fsp3) is 0.560. The zero-order valence-corrected chi connectivity index (χ0v) is 18.3. The minimum atomic E-state index is -0.772. The van der Waals surface area contributed by atoms with E-state index in [0.29, 0.717) is 24.6 Å². The Kier molecular flexibility index (Phi) is 6.84. The lowest BCUT2D eigenvalue weighted by Gasteiger charge is -2.37. The second-order valence-electron chi connectivity index (χ2n) is 9.57. The summed E-state index contributed by atoms with van der Waals surface area (Å²) >= 11 is 0. The number of benzene rings is 2. The van der Waals surface area contributed by atoms with Gasteiger partial charge in [-0.25, -0.2) is 0 Å². The summed E-state index contributed by atoms with van der Waals surface area (Å²) in [5.41, 5.74) is 2.78. The minimum absolute atomic E-state index is 0.144. The normalized spacial score (nSPS) is 20.0. The quantitative estimate of drug-likeness (QED) is 0.589. The van der Waals surface area contributed by atoms with Crippen LogP contribution in [0, 0.1) is 18.3 Å². The van der Waals surface area contributed by atoms with Crippen LogP contribution in [0.4, 0.5) is 0 Å². The Bertz CT molecular complexity index is 845. The molecule has 1 aliphatic rings. The summed E-state index contributed by atoms with van der Waals surface area (Å²) in [7, 11) is 0. The van der Waals surface area contributed by atoms with Crippen molar-refractivity contribution in [3.05, 3.63) is 41.5 Å². The summed E-state index contributed by atoms with van der Waals surface area (Å²) in [5.74, 6) is 0.996. The molecule has 0 aromatic heterocycles. The molecule has 0 unspecified atom stereocenters. The Labute approximate surface area is 174 Å². The Morgan fingerprint density at radius 2 is 1.86 bits per heavy atom. The number of carboxylic acid groups (broad SMARTS) is 1. The molecule has 3 rings (SSSR count). The van der Waals surface area contributed by atoms with Gasteiger partial charge in [0.2, 0.25) is 0 Å². The maximum absolute atomic E-state index is 10.6. The van der Waals surface area contributed by atoms with Gasteiger partial charge in [0.15, 0.2) is 0 Å². The molecular weight excluding hydrogens is 362 g/mol. The number of carboxylic acids is 1. The maximum atomic E-state index is 10.6. The number of ether oxygens (including phenoxy) is 1. The van der Waals surface area contributed by atoms with Gasteiger partial charge in [-0.2, -0.15) is 0 Å². The Balaban J connectivity index is 1.62. The number of carbonyl (C=O) groups is 1. The van der Waals surface area contributed by atoms with Crippen molar-refractivity contribution in [3.8, 4) is 5.75 Å². The summed E-state index contributed by atoms with van der Waals surface area (Å²) in [6, 6.07) is 10.7. The van der Waals surface area contributed by atoms with Crippen LogP contribution in [-0.4, -0.2) is 23.7 Å². The molecule has 158 valence electrons. The fourth-order valence-electron chi connectivity index (χ4n) is 4.40. The number of hydrogen-bond donors (Lipinski definition) is 2. The lowest BCUT2D eigenvalue weighted by Crippen LogP contribution is -2.30. The van der Waals surface area contributed by atoms with E-state index in [4.69, 9.17) is 9.84 Å². The van der Waals surface area contributed by atoms with Gasteiger partial charge < -0.3 is 15.2 Å². The minimum Gasteiger partial charge on any atom is -0.490 e. The second-order valence-corrected chi connectivity index (χ2v) is 9.57. The van der Waals surface area contributed by atoms with Gasteiger partial charge in [-0.1, -0.05) is 32.9 Å². The number of nitrogens with one attached hydrogen (secondary N) is 1. The molecule has 29 heavy (non-hydrogen) atoms. The first-order valence-electron chi connectivity index (χ1n) is 10.8. The van der Waals surface area contributed by atoms with E-state index in [-0.39, 0.29) is 6.42 Å². The van der Waals surface area contributed by atoms with Crippen LogP contribution in [0.5, 0.6) is 5.75 Å². The van der Waals surface area contributed by atoms with Crippen LogP contribution in [0.2, 0.25) is 0 Å². The molecular formula is C25H35NO3. The summed E-state index contributed by atoms with van der Waals surface area (Å²) < 4.78 is 6.37. The molecule has 1 fully saturated rings. The molecule has 0 bridgehead atoms. The van der Waals surface area contributed by atoms with Crippen molar-refractivity contribution in [3.63, 3.8) is 0 Å². The van der Waals surface area contributed by atoms with Crippen LogP contribution in [0.1, 0.15) is 64.0 Å². The molecule has 1 saturated carbocycles. The van der Waals surface area contributed by atoms with Crippen molar-refractivity contribution in [1.29, 1.82) is 0 Å². The van der Waals surface area contributed by atoms with Crippen LogP contribution in [0.3, 0.4) is 0 Å². The molecule has 4 nitrogen and oxygen atoms in total. The predicted molar refractivity (Wildman–Crippen MR) is 118 cm³/mol. The first-order valence-corrected chi connectivity index (χ1v) is 10.8. The third-order valence-electron chi connectivity index (χ3n) is 6.25. The summed E-state index contributed by atoms with van der Waals surface area (Å²) in [6.45, 7) is 10.3. The summed E-state index contributed by atoms with van der Waals surface area (Å²) in [5, 5.41) is 14.3. The molecule has 1 aliphatic carbocycles. The molecule has 2 aromatic carbocycles. The van der Waals surface area contributed by atoms with Crippen molar-refractivity contribution in [2.24, 2.45) is 11.3 Å². The van der Waals surface area contributed by atoms with E-state index < -0.39 is 5.97 Å². The van der Waals surface area contributed by atoms with E-state index in [2.05, 4.69) is 63.3 Å². The largest absolute Gasteiger partial charge is 0.490 e. The monoisotopic (exact) mass is 397 g/mol. The van der Waals surface area contributed by atoms with Gasteiger partial charge in [-0.05, 0) is 84.0 Å². The zero-order chi connectivity index (χ0) is 21.0. The Hall–Kier alpha value is -2.07. The van der Waals surface area contributed by atoms with Gasteiger partial charge in [0.05, 0.1) is 12.5 Å². The smallest absolute Gasteiger partial charge is 0.304 e. The van der Waals surface area contributed by atoms with Crippen molar-refractivity contribution >= 4 is 16.7 Å². The van der Waals surface area contributed by atoms with Crippen molar-refractivity contribution in [2.45, 2.75) is 72.4 Å². The molecule has 0 atom stereocenters. The average Bonchev–Trinajstić information content (AvgIpc) is 2.65. The maximum Gasteiger partial charge on any atom is 0.304 e. The third-order valence-corrected chi connectivity index (χ3v) is 6.25. The van der Waals surface area contributed by atoms with E-state index in [9.17, 15) is 4.79 Å². The van der Waals surface area contributed by atoms with Crippen LogP contribution in [-0.2, 0) is 11.3 Å². The topological polar surface area (TPSA) is 58.6 Å². The van der Waals surface area contributed by atoms with Crippen LogP contribution in [0.25, 0.3) is 10.8 Å². The Morgan fingerprint density at radius 1 is 1.14 bits per heavy atom. The van der Waals surface area contributed by atoms with E-state index >= 15 is 0 Å². The van der Waals surface area contributed by atoms with Crippen molar-refractivity contribution in [2.75, 3.05) is 6.54 Å². The lowest BCUT2D eigenvalue weighted by atomic mass is 9.72. The number of fused-ring (bicyclic) bond motifs is 1. The molecule has 0 amide bonds. The molecule has 0 aliphatic heterocycles. The molecule has 2 N–H and O–H groups in total. The first-order chi connectivity index (χ1) is 13.7. The molecule has 0 heterocycles. The third kappa shape index (κ3) is 5.96. The highest BCUT2D eigenvalue weighted by atomic mass is 16.5. The molecule has 4 heteroatoms. The van der Waals surface area contributed by atoms with Crippen LogP contribution < -0.4 is 10.1 Å². The number of rotatable bonds is 7. The predicted octanol–water partition coefficient (Wildman–Crippen LogP) is 5.70. The molecule has 0 spiro atoms.